The molecule has 3 atom stereocenters. The lowest BCUT2D eigenvalue weighted by atomic mass is 9.95. The van der Waals surface area contributed by atoms with E-state index in [1.165, 1.54) is 13.0 Å². The summed E-state index contributed by atoms with van der Waals surface area (Å²) >= 11 is 0. The van der Waals surface area contributed by atoms with Gasteiger partial charge in [0.1, 0.15) is 23.1 Å². The lowest BCUT2D eigenvalue weighted by molar-refractivity contribution is -0.123. The first kappa shape index (κ1) is 17.5. The molecule has 0 radical (unpaired) electrons. The molecule has 3 nitrogen and oxygen atoms in total. The Labute approximate surface area is 143 Å². The van der Waals surface area contributed by atoms with E-state index in [4.69, 9.17) is 0 Å². The lowest BCUT2D eigenvalue weighted by Crippen LogP contribution is -2.40. The summed E-state index contributed by atoms with van der Waals surface area (Å²) in [7, 11) is 0. The molecule has 0 heterocycles. The first-order valence-corrected chi connectivity index (χ1v) is 7.99. The molecule has 0 aromatic heterocycles. The Morgan fingerprint density at radius 1 is 1.20 bits per heavy atom. The zero-order valence-electron chi connectivity index (χ0n) is 13.6. The van der Waals surface area contributed by atoms with Gasteiger partial charge in [-0.05, 0) is 37.0 Å². The van der Waals surface area contributed by atoms with Gasteiger partial charge in [0, 0.05) is 17.5 Å². The Kier molecular flexibility index (Phi) is 4.56. The van der Waals surface area contributed by atoms with Crippen molar-refractivity contribution in [3.63, 3.8) is 0 Å². The minimum absolute atomic E-state index is 0.101. The molecule has 2 aromatic carbocycles. The van der Waals surface area contributed by atoms with Crippen molar-refractivity contribution in [2.75, 3.05) is 6.54 Å². The Balaban J connectivity index is 1.62. The van der Waals surface area contributed by atoms with Crippen LogP contribution in [-0.4, -0.2) is 17.6 Å². The number of carbonyl (C=O) groups is 1. The Morgan fingerprint density at radius 3 is 2.60 bits per heavy atom. The third-order valence-electron chi connectivity index (χ3n) is 4.55. The number of aliphatic hydroxyl groups is 1. The van der Waals surface area contributed by atoms with Gasteiger partial charge in [-0.3, -0.25) is 4.79 Å². The molecule has 0 saturated heterocycles. The summed E-state index contributed by atoms with van der Waals surface area (Å²) in [5.74, 6) is -2.85. The van der Waals surface area contributed by atoms with Crippen LogP contribution in [-0.2, 0) is 10.4 Å². The molecule has 132 valence electrons. The molecule has 25 heavy (non-hydrogen) atoms. The molecule has 1 fully saturated rings. The van der Waals surface area contributed by atoms with E-state index < -0.39 is 17.2 Å². The lowest BCUT2D eigenvalue weighted by Gasteiger charge is -2.24. The number of amides is 1. The quantitative estimate of drug-likeness (QED) is 0.871. The summed E-state index contributed by atoms with van der Waals surface area (Å²) in [6, 6.07) is 9.18. The molecule has 0 spiro atoms. The van der Waals surface area contributed by atoms with Crippen LogP contribution in [0, 0.1) is 23.4 Å². The predicted octanol–water partition coefficient (Wildman–Crippen LogP) is 3.23. The Bertz CT molecular complexity index is 807. The average molecular weight is 349 g/mol. The van der Waals surface area contributed by atoms with Crippen LogP contribution in [0.1, 0.15) is 30.4 Å². The molecule has 0 bridgehead atoms. The summed E-state index contributed by atoms with van der Waals surface area (Å²) in [6.45, 7) is 1.11. The number of nitrogens with one attached hydrogen (secondary N) is 1. The van der Waals surface area contributed by atoms with Crippen molar-refractivity contribution in [1.29, 1.82) is 0 Å². The average Bonchev–Trinajstić information content (AvgIpc) is 3.33. The van der Waals surface area contributed by atoms with Gasteiger partial charge in [-0.25, -0.2) is 13.2 Å². The van der Waals surface area contributed by atoms with Crippen LogP contribution >= 0.6 is 0 Å². The molecule has 3 rings (SSSR count). The second-order valence-corrected chi connectivity index (χ2v) is 6.59. The van der Waals surface area contributed by atoms with Crippen LogP contribution < -0.4 is 5.32 Å². The second kappa shape index (κ2) is 6.52. The van der Waals surface area contributed by atoms with Crippen molar-refractivity contribution in [3.8, 4) is 0 Å². The van der Waals surface area contributed by atoms with Crippen molar-refractivity contribution in [3.05, 3.63) is 71.0 Å². The van der Waals surface area contributed by atoms with Crippen molar-refractivity contribution in [2.24, 2.45) is 5.92 Å². The highest BCUT2D eigenvalue weighted by Gasteiger charge is 2.45. The van der Waals surface area contributed by atoms with E-state index in [1.54, 1.807) is 18.2 Å². The van der Waals surface area contributed by atoms with Gasteiger partial charge >= 0.3 is 0 Å². The zero-order chi connectivity index (χ0) is 18.2. The molecular weight excluding hydrogens is 331 g/mol. The van der Waals surface area contributed by atoms with Crippen molar-refractivity contribution in [2.45, 2.75) is 24.9 Å². The van der Waals surface area contributed by atoms with Gasteiger partial charge in [-0.15, -0.1) is 0 Å². The van der Waals surface area contributed by atoms with Gasteiger partial charge in [-0.2, -0.15) is 0 Å². The van der Waals surface area contributed by atoms with Crippen molar-refractivity contribution in [1.82, 2.24) is 5.32 Å². The van der Waals surface area contributed by atoms with Crippen LogP contribution in [0.15, 0.2) is 42.5 Å². The maximum Gasteiger partial charge on any atom is 0.223 e. The molecule has 3 unspecified atom stereocenters. The van der Waals surface area contributed by atoms with Gasteiger partial charge in [0.2, 0.25) is 5.91 Å². The van der Waals surface area contributed by atoms with Crippen LogP contribution in [0.4, 0.5) is 13.2 Å². The predicted molar refractivity (Wildman–Crippen MR) is 86.2 cm³/mol. The zero-order valence-corrected chi connectivity index (χ0v) is 13.6. The fraction of sp³-hybridized carbons (Fsp3) is 0.316. The number of carbonyl (C=O) groups excluding carboxylic acids is 1. The highest BCUT2D eigenvalue weighted by molar-refractivity contribution is 5.83. The normalized spacial score (nSPS) is 21.5. The molecule has 2 aromatic rings. The van der Waals surface area contributed by atoms with Crippen LogP contribution in [0.2, 0.25) is 0 Å². The van der Waals surface area contributed by atoms with E-state index in [1.807, 2.05) is 0 Å². The summed E-state index contributed by atoms with van der Waals surface area (Å²) in [5.41, 5.74) is -1.29. The third kappa shape index (κ3) is 3.69. The molecule has 0 aliphatic heterocycles. The summed E-state index contributed by atoms with van der Waals surface area (Å²) in [5, 5.41) is 13.0. The summed E-state index contributed by atoms with van der Waals surface area (Å²) in [4.78, 5) is 12.2. The maximum absolute atomic E-state index is 13.8. The molecule has 6 heteroatoms. The molecule has 2 N–H and O–H groups in total. The second-order valence-electron chi connectivity index (χ2n) is 6.59. The fourth-order valence-corrected chi connectivity index (χ4v) is 3.02. The van der Waals surface area contributed by atoms with Crippen LogP contribution in [0.25, 0.3) is 0 Å². The van der Waals surface area contributed by atoms with Crippen LogP contribution in [0.3, 0.4) is 0 Å². The van der Waals surface area contributed by atoms with E-state index in [2.05, 4.69) is 5.32 Å². The number of rotatable bonds is 5. The first-order chi connectivity index (χ1) is 11.8. The molecule has 1 saturated carbocycles. The molecular formula is C19H18F3NO2. The van der Waals surface area contributed by atoms with Gasteiger partial charge in [0.05, 0.1) is 6.54 Å². The van der Waals surface area contributed by atoms with Gasteiger partial charge in [-0.1, -0.05) is 24.3 Å². The SMILES string of the molecule is CC(O)(CNC(=O)C1CC1c1ccccc1F)c1ccc(F)cc1F. The number of halogens is 3. The number of hydrogen-bond acceptors (Lipinski definition) is 2. The smallest absolute Gasteiger partial charge is 0.223 e. The monoisotopic (exact) mass is 349 g/mol. The van der Waals surface area contributed by atoms with Gasteiger partial charge < -0.3 is 10.4 Å². The number of hydrogen-bond donors (Lipinski definition) is 2. The van der Waals surface area contributed by atoms with Crippen LogP contribution in [0.5, 0.6) is 0 Å². The first-order valence-electron chi connectivity index (χ1n) is 7.99. The Morgan fingerprint density at radius 2 is 1.92 bits per heavy atom. The van der Waals surface area contributed by atoms with Crippen molar-refractivity contribution < 1.29 is 23.1 Å². The third-order valence-corrected chi connectivity index (χ3v) is 4.55. The van der Waals surface area contributed by atoms with Gasteiger partial charge in [0.25, 0.3) is 0 Å². The highest BCUT2D eigenvalue weighted by atomic mass is 19.1. The summed E-state index contributed by atoms with van der Waals surface area (Å²) in [6.07, 6.45) is 0.528. The van der Waals surface area contributed by atoms with E-state index >= 15 is 0 Å². The van der Waals surface area contributed by atoms with E-state index in [9.17, 15) is 23.1 Å². The molecule has 1 amide bonds. The molecule has 1 aliphatic rings. The summed E-state index contributed by atoms with van der Waals surface area (Å²) < 4.78 is 40.5. The van der Waals surface area contributed by atoms with Crippen molar-refractivity contribution >= 4 is 5.91 Å². The minimum atomic E-state index is -1.68. The standard InChI is InChI=1S/C19H18F3NO2/c1-19(25,15-7-6-11(20)8-17(15)22)10-23-18(24)14-9-13(14)12-4-2-3-5-16(12)21/h2-8,13-14,25H,9-10H2,1H3,(H,23,24). The minimum Gasteiger partial charge on any atom is -0.383 e. The molecule has 1 aliphatic carbocycles. The largest absolute Gasteiger partial charge is 0.383 e. The fourth-order valence-electron chi connectivity index (χ4n) is 3.02. The highest BCUT2D eigenvalue weighted by Crippen LogP contribution is 2.48. The van der Waals surface area contributed by atoms with E-state index in [0.717, 1.165) is 12.1 Å². The van der Waals surface area contributed by atoms with E-state index in [-0.39, 0.29) is 35.7 Å². The Hall–Kier alpha value is -2.34. The topological polar surface area (TPSA) is 49.3 Å². The van der Waals surface area contributed by atoms with E-state index in [0.29, 0.717) is 18.1 Å². The van der Waals surface area contributed by atoms with Gasteiger partial charge in [0.15, 0.2) is 0 Å². The number of benzene rings is 2. The maximum atomic E-state index is 13.8.